The quantitative estimate of drug-likeness (QED) is 0.729. The van der Waals surface area contributed by atoms with Gasteiger partial charge in [0.05, 0.1) is 11.8 Å². The largest absolute Gasteiger partial charge is 0.444 e. The van der Waals surface area contributed by atoms with Gasteiger partial charge in [0.15, 0.2) is 0 Å². The van der Waals surface area contributed by atoms with Gasteiger partial charge in [0, 0.05) is 25.1 Å². The number of urea groups is 1. The fourth-order valence-corrected chi connectivity index (χ4v) is 1.91. The van der Waals surface area contributed by atoms with E-state index in [1.54, 1.807) is 19.1 Å². The molecule has 7 heteroatoms. The summed E-state index contributed by atoms with van der Waals surface area (Å²) in [6.07, 6.45) is 2.12. The minimum absolute atomic E-state index is 0.284. The molecular formula is C16H20FN3O3. The number of oxazole rings is 1. The van der Waals surface area contributed by atoms with Crippen molar-refractivity contribution in [1.29, 1.82) is 0 Å². The molecule has 0 saturated carbocycles. The highest BCUT2D eigenvalue weighted by Gasteiger charge is 2.07. The van der Waals surface area contributed by atoms with Crippen LogP contribution in [0.2, 0.25) is 0 Å². The molecule has 6 nitrogen and oxygen atoms in total. The molecule has 2 amide bonds. The number of halogens is 1. The Hall–Kier alpha value is -2.41. The van der Waals surface area contributed by atoms with E-state index in [1.165, 1.54) is 18.4 Å². The number of hydrogen-bond acceptors (Lipinski definition) is 4. The molecule has 0 spiro atoms. The number of hydrogen-bond donors (Lipinski definition) is 3. The van der Waals surface area contributed by atoms with Crippen LogP contribution >= 0.6 is 0 Å². The van der Waals surface area contributed by atoms with Gasteiger partial charge in [0.1, 0.15) is 12.1 Å². The van der Waals surface area contributed by atoms with E-state index in [2.05, 4.69) is 15.6 Å². The van der Waals surface area contributed by atoms with Gasteiger partial charge in [-0.2, -0.15) is 0 Å². The van der Waals surface area contributed by atoms with Crippen LogP contribution in [0.4, 0.5) is 9.18 Å². The Kier molecular flexibility index (Phi) is 6.10. The van der Waals surface area contributed by atoms with Crippen LogP contribution in [0, 0.1) is 5.82 Å². The predicted molar refractivity (Wildman–Crippen MR) is 83.3 cm³/mol. The Labute approximate surface area is 133 Å². The zero-order chi connectivity index (χ0) is 16.7. The smallest absolute Gasteiger partial charge is 0.314 e. The fourth-order valence-electron chi connectivity index (χ4n) is 1.91. The maximum atomic E-state index is 12.9. The van der Waals surface area contributed by atoms with Crippen molar-refractivity contribution in [3.8, 4) is 11.5 Å². The number of benzene rings is 1. The van der Waals surface area contributed by atoms with Crippen LogP contribution in [-0.2, 0) is 6.42 Å². The molecule has 1 unspecified atom stereocenters. The summed E-state index contributed by atoms with van der Waals surface area (Å²) >= 11 is 0. The van der Waals surface area contributed by atoms with Gasteiger partial charge in [-0.05, 0) is 37.6 Å². The van der Waals surface area contributed by atoms with Gasteiger partial charge in [0.25, 0.3) is 0 Å². The second-order valence-corrected chi connectivity index (χ2v) is 5.22. The van der Waals surface area contributed by atoms with Gasteiger partial charge in [-0.25, -0.2) is 14.2 Å². The highest BCUT2D eigenvalue weighted by molar-refractivity contribution is 5.73. The van der Waals surface area contributed by atoms with Crippen molar-refractivity contribution in [3.63, 3.8) is 0 Å². The van der Waals surface area contributed by atoms with E-state index in [9.17, 15) is 9.18 Å². The number of nitrogens with zero attached hydrogens (tertiary/aromatic N) is 1. The van der Waals surface area contributed by atoms with Crippen LogP contribution in [-0.4, -0.2) is 35.3 Å². The second-order valence-electron chi connectivity index (χ2n) is 5.22. The summed E-state index contributed by atoms with van der Waals surface area (Å²) in [7, 11) is 0. The van der Waals surface area contributed by atoms with Crippen molar-refractivity contribution < 1.29 is 18.7 Å². The molecule has 1 aromatic carbocycles. The highest BCUT2D eigenvalue weighted by Crippen LogP contribution is 2.18. The Morgan fingerprint density at radius 3 is 2.70 bits per heavy atom. The number of nitrogens with one attached hydrogen (secondary N) is 2. The standard InChI is InChI=1S/C16H20FN3O3/c1-11(21)6-8-18-16(22)19-9-7-14-10-23-15(20-14)12-2-4-13(17)5-3-12/h2-5,10-11,21H,6-9H2,1H3,(H2,18,19,22). The van der Waals surface area contributed by atoms with E-state index in [-0.39, 0.29) is 11.8 Å². The molecule has 3 N–H and O–H groups in total. The molecule has 0 aliphatic rings. The molecule has 0 aliphatic carbocycles. The second kappa shape index (κ2) is 8.28. The summed E-state index contributed by atoms with van der Waals surface area (Å²) in [5.74, 6) is 0.104. The maximum absolute atomic E-state index is 12.9. The average molecular weight is 321 g/mol. The molecule has 2 rings (SSSR count). The highest BCUT2D eigenvalue weighted by atomic mass is 19.1. The molecule has 0 bridgehead atoms. The van der Waals surface area contributed by atoms with Gasteiger partial charge in [-0.1, -0.05) is 0 Å². The van der Waals surface area contributed by atoms with Crippen molar-refractivity contribution in [1.82, 2.24) is 15.6 Å². The maximum Gasteiger partial charge on any atom is 0.314 e. The third-order valence-corrected chi connectivity index (χ3v) is 3.16. The van der Waals surface area contributed by atoms with E-state index in [0.29, 0.717) is 43.1 Å². The van der Waals surface area contributed by atoms with Crippen LogP contribution in [0.25, 0.3) is 11.5 Å². The van der Waals surface area contributed by atoms with Crippen molar-refractivity contribution in [2.24, 2.45) is 0 Å². The van der Waals surface area contributed by atoms with Crippen LogP contribution in [0.3, 0.4) is 0 Å². The van der Waals surface area contributed by atoms with E-state index >= 15 is 0 Å². The predicted octanol–water partition coefficient (Wildman–Crippen LogP) is 2.09. The van der Waals surface area contributed by atoms with Gasteiger partial charge < -0.3 is 20.2 Å². The van der Waals surface area contributed by atoms with Crippen LogP contribution in [0.15, 0.2) is 34.9 Å². The molecule has 0 fully saturated rings. The lowest BCUT2D eigenvalue weighted by molar-refractivity contribution is 0.183. The van der Waals surface area contributed by atoms with E-state index in [4.69, 9.17) is 9.52 Å². The van der Waals surface area contributed by atoms with Crippen molar-refractivity contribution in [2.45, 2.75) is 25.9 Å². The van der Waals surface area contributed by atoms with E-state index in [0.717, 1.165) is 0 Å². The Bertz CT molecular complexity index is 626. The first-order valence-corrected chi connectivity index (χ1v) is 7.44. The third-order valence-electron chi connectivity index (χ3n) is 3.16. The monoisotopic (exact) mass is 321 g/mol. The van der Waals surface area contributed by atoms with Crippen LogP contribution in [0.1, 0.15) is 19.0 Å². The molecule has 1 atom stereocenters. The minimum atomic E-state index is -0.435. The molecule has 23 heavy (non-hydrogen) atoms. The number of aliphatic hydroxyl groups excluding tert-OH is 1. The van der Waals surface area contributed by atoms with E-state index in [1.807, 2.05) is 0 Å². The lowest BCUT2D eigenvalue weighted by Crippen LogP contribution is -2.37. The first kappa shape index (κ1) is 17.0. The summed E-state index contributed by atoms with van der Waals surface area (Å²) in [6.45, 7) is 2.50. The van der Waals surface area contributed by atoms with Crippen molar-refractivity contribution >= 4 is 6.03 Å². The first-order valence-electron chi connectivity index (χ1n) is 7.44. The van der Waals surface area contributed by atoms with Gasteiger partial charge in [-0.15, -0.1) is 0 Å². The first-order chi connectivity index (χ1) is 11.0. The van der Waals surface area contributed by atoms with Gasteiger partial charge in [-0.3, -0.25) is 0 Å². The van der Waals surface area contributed by atoms with Gasteiger partial charge in [0.2, 0.25) is 5.89 Å². The molecule has 0 saturated heterocycles. The van der Waals surface area contributed by atoms with Gasteiger partial charge >= 0.3 is 6.03 Å². The van der Waals surface area contributed by atoms with Crippen LogP contribution < -0.4 is 10.6 Å². The minimum Gasteiger partial charge on any atom is -0.444 e. The van der Waals surface area contributed by atoms with Crippen molar-refractivity contribution in [3.05, 3.63) is 42.0 Å². The zero-order valence-corrected chi connectivity index (χ0v) is 12.9. The fraction of sp³-hybridized carbons (Fsp3) is 0.375. The van der Waals surface area contributed by atoms with Crippen LogP contribution in [0.5, 0.6) is 0 Å². The molecule has 2 aromatic rings. The third kappa shape index (κ3) is 5.71. The lowest BCUT2D eigenvalue weighted by Gasteiger charge is -2.07. The summed E-state index contributed by atoms with van der Waals surface area (Å²) in [5, 5.41) is 14.4. The summed E-state index contributed by atoms with van der Waals surface area (Å²) in [6, 6.07) is 5.60. The number of amides is 2. The molecule has 124 valence electrons. The van der Waals surface area contributed by atoms with E-state index < -0.39 is 6.10 Å². The molecular weight excluding hydrogens is 301 g/mol. The number of aliphatic hydroxyl groups is 1. The average Bonchev–Trinajstić information content (AvgIpc) is 2.96. The topological polar surface area (TPSA) is 87.4 Å². The number of carbonyl (C=O) groups is 1. The Morgan fingerprint density at radius 2 is 2.00 bits per heavy atom. The number of rotatable bonds is 7. The summed E-state index contributed by atoms with van der Waals surface area (Å²) in [4.78, 5) is 15.8. The normalized spacial score (nSPS) is 12.0. The molecule has 0 aliphatic heterocycles. The van der Waals surface area contributed by atoms with Crippen molar-refractivity contribution in [2.75, 3.05) is 13.1 Å². The Balaban J connectivity index is 1.74. The summed E-state index contributed by atoms with van der Waals surface area (Å²) < 4.78 is 18.2. The number of aromatic nitrogens is 1. The lowest BCUT2D eigenvalue weighted by atomic mass is 10.2. The Morgan fingerprint density at radius 1 is 1.30 bits per heavy atom. The summed E-state index contributed by atoms with van der Waals surface area (Å²) in [5.41, 5.74) is 1.40. The molecule has 1 aromatic heterocycles. The number of carbonyl (C=O) groups excluding carboxylic acids is 1. The zero-order valence-electron chi connectivity index (χ0n) is 12.9. The SMILES string of the molecule is CC(O)CCNC(=O)NCCc1coc(-c2ccc(F)cc2)n1. The molecule has 0 radical (unpaired) electrons. The molecule has 1 heterocycles.